The van der Waals surface area contributed by atoms with E-state index in [0.717, 1.165) is 0 Å². The van der Waals surface area contributed by atoms with Crippen molar-refractivity contribution < 1.29 is 9.45 Å². The van der Waals surface area contributed by atoms with Gasteiger partial charge in [0, 0.05) is 24.2 Å². The quantitative estimate of drug-likeness (QED) is 0.369. The normalized spacial score (nSPS) is 10.3. The van der Waals surface area contributed by atoms with Gasteiger partial charge in [-0.2, -0.15) is 4.98 Å². The van der Waals surface area contributed by atoms with E-state index in [1.807, 2.05) is 0 Å². The van der Waals surface area contributed by atoms with Crippen LogP contribution in [0.5, 0.6) is 0 Å². The largest absolute Gasteiger partial charge is 0.338 e. The lowest BCUT2D eigenvalue weighted by atomic mass is 10.2. The molecule has 1 aromatic heterocycles. The van der Waals surface area contributed by atoms with Crippen molar-refractivity contribution in [1.82, 2.24) is 15.5 Å². The van der Waals surface area contributed by atoms with Gasteiger partial charge in [-0.3, -0.25) is 10.1 Å². The van der Waals surface area contributed by atoms with Crippen LogP contribution in [0.25, 0.3) is 11.4 Å². The van der Waals surface area contributed by atoms with Gasteiger partial charge < -0.3 is 9.84 Å². The summed E-state index contributed by atoms with van der Waals surface area (Å²) in [4.78, 5) is 14.4. The molecule has 7 heteroatoms. The molecule has 0 radical (unpaired) electrons. The van der Waals surface area contributed by atoms with Crippen LogP contribution in [-0.2, 0) is 6.54 Å². The first-order chi connectivity index (χ1) is 9.20. The highest BCUT2D eigenvalue weighted by molar-refractivity contribution is 5.58. The van der Waals surface area contributed by atoms with Crippen molar-refractivity contribution in [1.29, 1.82) is 0 Å². The number of nitrogens with one attached hydrogen (secondary N) is 1. The van der Waals surface area contributed by atoms with Crippen LogP contribution in [0.1, 0.15) is 5.89 Å². The van der Waals surface area contributed by atoms with E-state index in [-0.39, 0.29) is 5.69 Å². The molecule has 0 spiro atoms. The SMILES string of the molecule is C=CCNCc1nc(-c2cccc([N+](=O)[O-])c2)no1. The highest BCUT2D eigenvalue weighted by atomic mass is 16.6. The lowest BCUT2D eigenvalue weighted by Gasteiger charge is -1.95. The maximum absolute atomic E-state index is 10.7. The average Bonchev–Trinajstić information content (AvgIpc) is 2.88. The highest BCUT2D eigenvalue weighted by Crippen LogP contribution is 2.21. The molecule has 1 heterocycles. The van der Waals surface area contributed by atoms with Crippen molar-refractivity contribution in [2.75, 3.05) is 6.54 Å². The van der Waals surface area contributed by atoms with E-state index >= 15 is 0 Å². The summed E-state index contributed by atoms with van der Waals surface area (Å²) in [5.41, 5.74) is 0.543. The fourth-order valence-electron chi connectivity index (χ4n) is 1.48. The summed E-state index contributed by atoms with van der Waals surface area (Å²) in [6, 6.07) is 6.10. The van der Waals surface area contributed by atoms with Gasteiger partial charge in [-0.25, -0.2) is 0 Å². The molecule has 2 rings (SSSR count). The maximum Gasteiger partial charge on any atom is 0.270 e. The van der Waals surface area contributed by atoms with Gasteiger partial charge in [-0.1, -0.05) is 23.4 Å². The maximum atomic E-state index is 10.7. The zero-order valence-corrected chi connectivity index (χ0v) is 10.1. The lowest BCUT2D eigenvalue weighted by Crippen LogP contribution is -2.12. The summed E-state index contributed by atoms with van der Waals surface area (Å²) < 4.78 is 5.04. The van der Waals surface area contributed by atoms with Crippen LogP contribution < -0.4 is 5.32 Å². The standard InChI is InChI=1S/C12H12N4O3/c1-2-6-13-8-11-14-12(15-19-11)9-4-3-5-10(7-9)16(17)18/h2-5,7,13H,1,6,8H2. The van der Waals surface area contributed by atoms with Crippen LogP contribution in [0.15, 0.2) is 41.4 Å². The molecule has 0 saturated carbocycles. The smallest absolute Gasteiger partial charge is 0.270 e. The van der Waals surface area contributed by atoms with Crippen LogP contribution in [0, 0.1) is 10.1 Å². The topological polar surface area (TPSA) is 94.1 Å². The number of nitrogens with zero attached hydrogens (tertiary/aromatic N) is 3. The number of benzene rings is 1. The fraction of sp³-hybridized carbons (Fsp3) is 0.167. The van der Waals surface area contributed by atoms with Crippen LogP contribution in [0.2, 0.25) is 0 Å². The number of nitro groups is 1. The molecule has 1 aromatic carbocycles. The molecule has 0 bridgehead atoms. The summed E-state index contributed by atoms with van der Waals surface area (Å²) >= 11 is 0. The Morgan fingerprint density at radius 1 is 1.53 bits per heavy atom. The van der Waals surface area contributed by atoms with Gasteiger partial charge in [0.15, 0.2) is 0 Å². The van der Waals surface area contributed by atoms with Crippen molar-refractivity contribution in [2.45, 2.75) is 6.54 Å². The molecule has 0 fully saturated rings. The Balaban J connectivity index is 2.15. The van der Waals surface area contributed by atoms with E-state index < -0.39 is 4.92 Å². The molecule has 0 saturated heterocycles. The second-order valence-corrected chi connectivity index (χ2v) is 3.74. The van der Waals surface area contributed by atoms with Gasteiger partial charge in [0.05, 0.1) is 11.5 Å². The highest BCUT2D eigenvalue weighted by Gasteiger charge is 2.12. The minimum absolute atomic E-state index is 0.00590. The monoisotopic (exact) mass is 260 g/mol. The van der Waals surface area contributed by atoms with Crippen molar-refractivity contribution in [2.24, 2.45) is 0 Å². The predicted octanol–water partition coefficient (Wildman–Crippen LogP) is 1.92. The zero-order chi connectivity index (χ0) is 13.7. The minimum atomic E-state index is -0.462. The molecular formula is C12H12N4O3. The van der Waals surface area contributed by atoms with Crippen LogP contribution in [0.4, 0.5) is 5.69 Å². The molecule has 2 aromatic rings. The molecule has 0 aliphatic rings. The van der Waals surface area contributed by atoms with Crippen molar-refractivity contribution in [3.8, 4) is 11.4 Å². The molecule has 1 N–H and O–H groups in total. The predicted molar refractivity (Wildman–Crippen MR) is 68.3 cm³/mol. The van der Waals surface area contributed by atoms with Gasteiger partial charge in [0.25, 0.3) is 5.69 Å². The summed E-state index contributed by atoms with van der Waals surface area (Å²) in [6.07, 6.45) is 1.72. The van der Waals surface area contributed by atoms with Gasteiger partial charge >= 0.3 is 0 Å². The van der Waals surface area contributed by atoms with Crippen molar-refractivity contribution in [3.05, 3.63) is 52.9 Å². The van der Waals surface area contributed by atoms with Crippen molar-refractivity contribution in [3.63, 3.8) is 0 Å². The zero-order valence-electron chi connectivity index (χ0n) is 10.1. The first kappa shape index (κ1) is 12.9. The van der Waals surface area contributed by atoms with Gasteiger partial charge in [0.1, 0.15) is 0 Å². The second kappa shape index (κ2) is 5.87. The van der Waals surface area contributed by atoms with Crippen LogP contribution >= 0.6 is 0 Å². The first-order valence-corrected chi connectivity index (χ1v) is 5.59. The van der Waals surface area contributed by atoms with Crippen molar-refractivity contribution >= 4 is 5.69 Å². The summed E-state index contributed by atoms with van der Waals surface area (Å²) in [6.45, 7) is 4.64. The molecular weight excluding hydrogens is 248 g/mol. The number of non-ortho nitro benzene ring substituents is 1. The molecule has 0 aliphatic carbocycles. The van der Waals surface area contributed by atoms with Crippen LogP contribution in [0.3, 0.4) is 0 Å². The molecule has 0 atom stereocenters. The number of aromatic nitrogens is 2. The Morgan fingerprint density at radius 2 is 2.37 bits per heavy atom. The Morgan fingerprint density at radius 3 is 3.11 bits per heavy atom. The molecule has 0 unspecified atom stereocenters. The number of nitro benzene ring substituents is 1. The van der Waals surface area contributed by atoms with E-state index in [0.29, 0.717) is 30.4 Å². The average molecular weight is 260 g/mol. The van der Waals surface area contributed by atoms with E-state index in [2.05, 4.69) is 22.0 Å². The lowest BCUT2D eigenvalue weighted by molar-refractivity contribution is -0.384. The summed E-state index contributed by atoms with van der Waals surface area (Å²) in [5.74, 6) is 0.752. The van der Waals surface area contributed by atoms with E-state index in [1.54, 1.807) is 18.2 Å². The second-order valence-electron chi connectivity index (χ2n) is 3.74. The van der Waals surface area contributed by atoms with Gasteiger partial charge in [-0.15, -0.1) is 6.58 Å². The third-order valence-corrected chi connectivity index (χ3v) is 2.35. The van der Waals surface area contributed by atoms with E-state index in [1.165, 1.54) is 12.1 Å². The Kier molecular flexibility index (Phi) is 3.99. The molecule has 0 aliphatic heterocycles. The number of hydrogen-bond acceptors (Lipinski definition) is 6. The molecule has 7 nitrogen and oxygen atoms in total. The van der Waals surface area contributed by atoms with E-state index in [4.69, 9.17) is 4.52 Å². The number of hydrogen-bond donors (Lipinski definition) is 1. The summed E-state index contributed by atoms with van der Waals surface area (Å²) in [5, 5.41) is 17.5. The van der Waals surface area contributed by atoms with Gasteiger partial charge in [-0.05, 0) is 0 Å². The first-order valence-electron chi connectivity index (χ1n) is 5.59. The molecule has 98 valence electrons. The minimum Gasteiger partial charge on any atom is -0.338 e. The van der Waals surface area contributed by atoms with Crippen LogP contribution in [-0.4, -0.2) is 21.6 Å². The molecule has 0 amide bonds. The Hall–Kier alpha value is -2.54. The van der Waals surface area contributed by atoms with Gasteiger partial charge in [0.2, 0.25) is 11.7 Å². The Bertz CT molecular complexity index is 594. The third-order valence-electron chi connectivity index (χ3n) is 2.35. The Labute approximate surface area is 109 Å². The fourth-order valence-corrected chi connectivity index (χ4v) is 1.48. The van der Waals surface area contributed by atoms with E-state index in [9.17, 15) is 10.1 Å². The summed E-state index contributed by atoms with van der Waals surface area (Å²) in [7, 11) is 0. The molecule has 19 heavy (non-hydrogen) atoms. The number of rotatable bonds is 6. The third kappa shape index (κ3) is 3.23.